The fraction of sp³-hybridized carbons (Fsp3) is 0.924. The van der Waals surface area contributed by atoms with Gasteiger partial charge < -0.3 is 14.2 Å². The Morgan fingerprint density at radius 2 is 0.486 bits per heavy atom. The molecule has 0 rings (SSSR count). The van der Waals surface area contributed by atoms with Crippen LogP contribution in [0.3, 0.4) is 0 Å². The van der Waals surface area contributed by atoms with Crippen molar-refractivity contribution in [2.45, 2.75) is 380 Å². The summed E-state index contributed by atoms with van der Waals surface area (Å²) in [5, 5.41) is 0. The third-order valence-corrected chi connectivity index (χ3v) is 15.0. The van der Waals surface area contributed by atoms with E-state index in [2.05, 4.69) is 32.9 Å². The number of unbranched alkanes of at least 4 members (excludes halogenated alkanes) is 48. The minimum Gasteiger partial charge on any atom is -0.462 e. The summed E-state index contributed by atoms with van der Waals surface area (Å²) in [6.07, 6.45) is 72.5. The van der Waals surface area contributed by atoms with Crippen LogP contribution in [-0.4, -0.2) is 37.2 Å². The Bertz CT molecular complexity index is 1120. The standard InChI is InChI=1S/C66H126O6/c1-4-7-10-13-16-19-22-24-26-28-29-30-31-32-33-34-35-36-37-38-39-41-42-44-47-50-53-56-59-65(68)71-62-63(61-70-64(67)58-55-52-49-46-21-18-15-12-9-6-3)72-66(69)60-57-54-51-48-45-43-40-27-25-23-20-17-14-11-8-5-2/h12,15,63H,4-11,13-14,16-62H2,1-3H3/b15-12-. The number of ether oxygens (including phenoxy) is 3. The second kappa shape index (κ2) is 61.7. The van der Waals surface area contributed by atoms with E-state index in [1.165, 1.54) is 263 Å². The van der Waals surface area contributed by atoms with Gasteiger partial charge in [-0.3, -0.25) is 14.4 Å². The molecule has 0 aliphatic carbocycles. The van der Waals surface area contributed by atoms with Gasteiger partial charge >= 0.3 is 17.9 Å². The van der Waals surface area contributed by atoms with Gasteiger partial charge in [-0.25, -0.2) is 0 Å². The first kappa shape index (κ1) is 70.1. The Labute approximate surface area is 450 Å². The Balaban J connectivity index is 4.08. The highest BCUT2D eigenvalue weighted by molar-refractivity contribution is 5.71. The fourth-order valence-electron chi connectivity index (χ4n) is 10.1. The lowest BCUT2D eigenvalue weighted by Gasteiger charge is -2.18. The molecule has 0 N–H and O–H groups in total. The van der Waals surface area contributed by atoms with Crippen LogP contribution in [0, 0.1) is 0 Å². The van der Waals surface area contributed by atoms with Gasteiger partial charge in [0.25, 0.3) is 0 Å². The molecule has 426 valence electrons. The lowest BCUT2D eigenvalue weighted by atomic mass is 10.0. The van der Waals surface area contributed by atoms with Crippen molar-refractivity contribution in [3.05, 3.63) is 12.2 Å². The molecule has 0 aromatic heterocycles. The van der Waals surface area contributed by atoms with Gasteiger partial charge in [0.05, 0.1) is 0 Å². The van der Waals surface area contributed by atoms with Crippen LogP contribution >= 0.6 is 0 Å². The minimum absolute atomic E-state index is 0.0664. The van der Waals surface area contributed by atoms with Gasteiger partial charge in [-0.05, 0) is 38.5 Å². The van der Waals surface area contributed by atoms with Gasteiger partial charge in [-0.1, -0.05) is 328 Å². The van der Waals surface area contributed by atoms with E-state index in [9.17, 15) is 14.4 Å². The smallest absolute Gasteiger partial charge is 0.306 e. The average Bonchev–Trinajstić information content (AvgIpc) is 3.38. The lowest BCUT2D eigenvalue weighted by molar-refractivity contribution is -0.167. The number of rotatable bonds is 61. The molecule has 1 atom stereocenters. The summed E-state index contributed by atoms with van der Waals surface area (Å²) >= 11 is 0. The molecule has 0 bridgehead atoms. The van der Waals surface area contributed by atoms with Crippen molar-refractivity contribution in [3.8, 4) is 0 Å². The number of esters is 3. The summed E-state index contributed by atoms with van der Waals surface area (Å²) in [5.41, 5.74) is 0. The summed E-state index contributed by atoms with van der Waals surface area (Å²) in [5.74, 6) is -0.850. The van der Waals surface area contributed by atoms with Crippen molar-refractivity contribution in [2.24, 2.45) is 0 Å². The normalized spacial score (nSPS) is 12.0. The molecule has 0 fully saturated rings. The van der Waals surface area contributed by atoms with Crippen LogP contribution in [0.2, 0.25) is 0 Å². The van der Waals surface area contributed by atoms with Gasteiger partial charge in [0, 0.05) is 19.3 Å². The number of hydrogen-bond donors (Lipinski definition) is 0. The quantitative estimate of drug-likeness (QED) is 0.0261. The number of carbonyl (C=O) groups is 3. The SMILES string of the molecule is CCC/C=C\CCCCCCCC(=O)OCC(COC(=O)CCCCCCCCCCCCCCCCCCCCCCCCCCCCCC)OC(=O)CCCCCCCCCCCCCCCCCC. The predicted molar refractivity (Wildman–Crippen MR) is 312 cm³/mol. The van der Waals surface area contributed by atoms with Crippen molar-refractivity contribution < 1.29 is 28.6 Å². The van der Waals surface area contributed by atoms with E-state index < -0.39 is 6.10 Å². The third-order valence-electron chi connectivity index (χ3n) is 15.0. The summed E-state index contributed by atoms with van der Waals surface area (Å²) < 4.78 is 16.9. The highest BCUT2D eigenvalue weighted by Crippen LogP contribution is 2.19. The molecular formula is C66H126O6. The van der Waals surface area contributed by atoms with E-state index in [0.29, 0.717) is 19.3 Å². The van der Waals surface area contributed by atoms with Gasteiger partial charge in [0.2, 0.25) is 0 Å². The van der Waals surface area contributed by atoms with Crippen molar-refractivity contribution in [3.63, 3.8) is 0 Å². The van der Waals surface area contributed by atoms with Crippen molar-refractivity contribution >= 4 is 17.9 Å². The van der Waals surface area contributed by atoms with E-state index in [4.69, 9.17) is 14.2 Å². The Morgan fingerprint density at radius 1 is 0.264 bits per heavy atom. The van der Waals surface area contributed by atoms with E-state index in [1.807, 2.05) is 0 Å². The molecule has 6 heteroatoms. The highest BCUT2D eigenvalue weighted by Gasteiger charge is 2.19. The van der Waals surface area contributed by atoms with Crippen LogP contribution in [-0.2, 0) is 28.6 Å². The molecule has 0 aliphatic rings. The first-order chi connectivity index (χ1) is 35.5. The van der Waals surface area contributed by atoms with E-state index >= 15 is 0 Å². The molecule has 6 nitrogen and oxygen atoms in total. The second-order valence-corrected chi connectivity index (χ2v) is 22.4. The maximum atomic E-state index is 12.9. The topological polar surface area (TPSA) is 78.9 Å². The maximum absolute atomic E-state index is 12.9. The third kappa shape index (κ3) is 59.0. The molecule has 1 unspecified atom stereocenters. The zero-order chi connectivity index (χ0) is 52.2. The molecule has 0 amide bonds. The van der Waals surface area contributed by atoms with Crippen LogP contribution in [0.4, 0.5) is 0 Å². The van der Waals surface area contributed by atoms with E-state index in [1.54, 1.807) is 0 Å². The van der Waals surface area contributed by atoms with Gasteiger partial charge in [-0.15, -0.1) is 0 Å². The van der Waals surface area contributed by atoms with Crippen LogP contribution in [0.1, 0.15) is 374 Å². The lowest BCUT2D eigenvalue weighted by Crippen LogP contribution is -2.30. The Kier molecular flexibility index (Phi) is 60.1. The molecule has 0 saturated carbocycles. The zero-order valence-electron chi connectivity index (χ0n) is 49.0. The molecule has 72 heavy (non-hydrogen) atoms. The number of allylic oxidation sites excluding steroid dienone is 2. The second-order valence-electron chi connectivity index (χ2n) is 22.4. The van der Waals surface area contributed by atoms with Crippen LogP contribution < -0.4 is 0 Å². The van der Waals surface area contributed by atoms with Crippen molar-refractivity contribution in [1.29, 1.82) is 0 Å². The van der Waals surface area contributed by atoms with Crippen LogP contribution in [0.5, 0.6) is 0 Å². The summed E-state index contributed by atoms with van der Waals surface area (Å²) in [6.45, 7) is 6.64. The largest absolute Gasteiger partial charge is 0.462 e. The first-order valence-electron chi connectivity index (χ1n) is 32.7. The van der Waals surface area contributed by atoms with Crippen LogP contribution in [0.15, 0.2) is 12.2 Å². The summed E-state index contributed by atoms with van der Waals surface area (Å²) in [6, 6.07) is 0. The summed E-state index contributed by atoms with van der Waals surface area (Å²) in [4.78, 5) is 38.2. The molecule has 0 spiro atoms. The minimum atomic E-state index is -0.768. The van der Waals surface area contributed by atoms with Crippen LogP contribution in [0.25, 0.3) is 0 Å². The van der Waals surface area contributed by atoms with Crippen molar-refractivity contribution in [2.75, 3.05) is 13.2 Å². The average molecular weight is 1020 g/mol. The molecule has 0 radical (unpaired) electrons. The molecule has 0 aromatic carbocycles. The maximum Gasteiger partial charge on any atom is 0.306 e. The van der Waals surface area contributed by atoms with Crippen molar-refractivity contribution in [1.82, 2.24) is 0 Å². The van der Waals surface area contributed by atoms with Gasteiger partial charge in [0.15, 0.2) is 6.10 Å². The highest BCUT2D eigenvalue weighted by atomic mass is 16.6. The monoisotopic (exact) mass is 1010 g/mol. The van der Waals surface area contributed by atoms with Gasteiger partial charge in [0.1, 0.15) is 13.2 Å². The Morgan fingerprint density at radius 3 is 0.750 bits per heavy atom. The van der Waals surface area contributed by atoms with Gasteiger partial charge in [-0.2, -0.15) is 0 Å². The molecule has 0 aliphatic heterocycles. The van der Waals surface area contributed by atoms with E-state index in [0.717, 1.165) is 70.6 Å². The first-order valence-corrected chi connectivity index (χ1v) is 32.7. The molecule has 0 saturated heterocycles. The Hall–Kier alpha value is -1.85. The van der Waals surface area contributed by atoms with E-state index in [-0.39, 0.29) is 31.1 Å². The number of hydrogen-bond acceptors (Lipinski definition) is 6. The molecule has 0 aromatic rings. The summed E-state index contributed by atoms with van der Waals surface area (Å²) in [7, 11) is 0. The zero-order valence-corrected chi connectivity index (χ0v) is 49.0. The molecular weight excluding hydrogens is 889 g/mol. The predicted octanol–water partition coefficient (Wildman–Crippen LogP) is 22.1. The fourth-order valence-corrected chi connectivity index (χ4v) is 10.1. The number of carbonyl (C=O) groups excluding carboxylic acids is 3. The molecule has 0 heterocycles.